The van der Waals surface area contributed by atoms with Crippen molar-refractivity contribution < 1.29 is 5.11 Å². The zero-order valence-electron chi connectivity index (χ0n) is 9.07. The van der Waals surface area contributed by atoms with Crippen LogP contribution in [0.4, 0.5) is 5.69 Å². The Morgan fingerprint density at radius 3 is 2.44 bits per heavy atom. The van der Waals surface area contributed by atoms with Crippen LogP contribution in [0.25, 0.3) is 0 Å². The van der Waals surface area contributed by atoms with E-state index in [9.17, 15) is 5.11 Å². The highest BCUT2D eigenvalue weighted by Gasteiger charge is 2.04. The molecule has 0 saturated heterocycles. The summed E-state index contributed by atoms with van der Waals surface area (Å²) in [6, 6.07) is 11.0. The van der Waals surface area contributed by atoms with Crippen molar-refractivity contribution in [3.8, 4) is 5.75 Å². The third kappa shape index (κ3) is 3.58. The van der Waals surface area contributed by atoms with Crippen LogP contribution in [0.5, 0.6) is 5.75 Å². The van der Waals surface area contributed by atoms with E-state index in [-0.39, 0.29) is 5.75 Å². The first-order valence-electron chi connectivity index (χ1n) is 5.04. The lowest BCUT2D eigenvalue weighted by molar-refractivity contribution is 0.470. The van der Waals surface area contributed by atoms with E-state index in [4.69, 9.17) is 11.6 Å². The molecule has 2 aromatic rings. The van der Waals surface area contributed by atoms with Crippen molar-refractivity contribution in [2.75, 3.05) is 0 Å². The molecule has 2 rings (SSSR count). The van der Waals surface area contributed by atoms with Crippen LogP contribution in [-0.4, -0.2) is 11.3 Å². The second-order valence-electron chi connectivity index (χ2n) is 3.56. The molecule has 0 saturated carbocycles. The van der Waals surface area contributed by atoms with Gasteiger partial charge in [-0.25, -0.2) is 0 Å². The van der Waals surface area contributed by atoms with Crippen molar-refractivity contribution in [2.45, 2.75) is 0 Å². The number of benzene rings is 2. The van der Waals surface area contributed by atoms with E-state index in [1.165, 1.54) is 0 Å². The highest BCUT2D eigenvalue weighted by Crippen LogP contribution is 2.26. The van der Waals surface area contributed by atoms with Crippen molar-refractivity contribution in [3.05, 3.63) is 54.1 Å². The Labute approximate surface area is 137 Å². The highest BCUT2D eigenvalue weighted by molar-refractivity contribution is 14.1. The van der Waals surface area contributed by atoms with Crippen molar-refractivity contribution in [2.24, 2.45) is 4.99 Å². The summed E-state index contributed by atoms with van der Waals surface area (Å²) in [4.78, 5) is 4.31. The third-order valence-corrected chi connectivity index (χ3v) is 3.93. The fraction of sp³-hybridized carbons (Fsp3) is 0. The van der Waals surface area contributed by atoms with Crippen LogP contribution >= 0.6 is 56.8 Å². The van der Waals surface area contributed by atoms with Gasteiger partial charge in [-0.2, -0.15) is 0 Å². The molecule has 0 unspecified atom stereocenters. The third-order valence-electron chi connectivity index (χ3n) is 2.24. The predicted octanol–water partition coefficient (Wildman–Crippen LogP) is 5.01. The molecule has 5 heteroatoms. The van der Waals surface area contributed by atoms with Gasteiger partial charge in [-0.05, 0) is 81.6 Å². The molecule has 0 aromatic heterocycles. The number of phenolic OH excluding ortho intramolecular Hbond substituents is 1. The molecule has 0 fully saturated rings. The second kappa shape index (κ2) is 6.21. The van der Waals surface area contributed by atoms with Gasteiger partial charge in [-0.3, -0.25) is 4.99 Å². The van der Waals surface area contributed by atoms with Crippen molar-refractivity contribution in [3.63, 3.8) is 0 Å². The SMILES string of the molecule is Oc1c(I)cc(I)cc1C=Nc1ccc(Cl)cc1. The van der Waals surface area contributed by atoms with E-state index in [1.54, 1.807) is 18.3 Å². The molecule has 2 nitrogen and oxygen atoms in total. The van der Waals surface area contributed by atoms with Gasteiger partial charge in [0.2, 0.25) is 0 Å². The maximum atomic E-state index is 9.92. The van der Waals surface area contributed by atoms with E-state index in [1.807, 2.05) is 24.3 Å². The maximum Gasteiger partial charge on any atom is 0.137 e. The fourth-order valence-corrected chi connectivity index (χ4v) is 3.37. The van der Waals surface area contributed by atoms with E-state index in [0.29, 0.717) is 10.6 Å². The Morgan fingerprint density at radius 1 is 1.11 bits per heavy atom. The number of phenols is 1. The van der Waals surface area contributed by atoms with Gasteiger partial charge in [0.25, 0.3) is 0 Å². The van der Waals surface area contributed by atoms with Crippen molar-refractivity contribution in [1.29, 1.82) is 0 Å². The molecule has 2 aromatic carbocycles. The predicted molar refractivity (Wildman–Crippen MR) is 92.2 cm³/mol. The minimum atomic E-state index is 0.258. The first-order valence-corrected chi connectivity index (χ1v) is 7.57. The van der Waals surface area contributed by atoms with Crippen LogP contribution < -0.4 is 0 Å². The van der Waals surface area contributed by atoms with Gasteiger partial charge in [0.15, 0.2) is 0 Å². The largest absolute Gasteiger partial charge is 0.506 e. The number of hydrogen-bond acceptors (Lipinski definition) is 2. The summed E-state index contributed by atoms with van der Waals surface area (Å²) in [7, 11) is 0. The first-order chi connectivity index (χ1) is 8.56. The molecular formula is C13H8ClI2NO. The molecule has 0 bridgehead atoms. The van der Waals surface area contributed by atoms with Crippen LogP contribution in [0.15, 0.2) is 41.4 Å². The van der Waals surface area contributed by atoms with Crippen molar-refractivity contribution >= 4 is 68.7 Å². The molecule has 18 heavy (non-hydrogen) atoms. The molecule has 0 aliphatic rings. The van der Waals surface area contributed by atoms with Gasteiger partial charge in [-0.15, -0.1) is 0 Å². The molecular weight excluding hydrogens is 475 g/mol. The maximum absolute atomic E-state index is 9.92. The molecule has 0 aliphatic heterocycles. The van der Waals surface area contributed by atoms with E-state index >= 15 is 0 Å². The Morgan fingerprint density at radius 2 is 1.78 bits per heavy atom. The molecule has 0 heterocycles. The summed E-state index contributed by atoms with van der Waals surface area (Å²) in [5.74, 6) is 0.258. The molecule has 0 atom stereocenters. The Kier molecular flexibility index (Phi) is 4.85. The zero-order valence-corrected chi connectivity index (χ0v) is 14.1. The lowest BCUT2D eigenvalue weighted by Gasteiger charge is -2.02. The molecule has 1 N–H and O–H groups in total. The normalized spacial score (nSPS) is 11.1. The highest BCUT2D eigenvalue weighted by atomic mass is 127. The van der Waals surface area contributed by atoms with Crippen molar-refractivity contribution in [1.82, 2.24) is 0 Å². The fourth-order valence-electron chi connectivity index (χ4n) is 1.36. The average molecular weight is 483 g/mol. The topological polar surface area (TPSA) is 32.6 Å². The van der Waals surface area contributed by atoms with Gasteiger partial charge in [-0.1, -0.05) is 11.6 Å². The second-order valence-corrected chi connectivity index (χ2v) is 6.40. The van der Waals surface area contributed by atoms with E-state index < -0.39 is 0 Å². The number of halogens is 3. The Balaban J connectivity index is 2.31. The first kappa shape index (κ1) is 14.1. The number of aliphatic imine (C=N–C) groups is 1. The Hall–Kier alpha value is -0.340. The number of rotatable bonds is 2. The lowest BCUT2D eigenvalue weighted by Crippen LogP contribution is -1.87. The number of hydrogen-bond donors (Lipinski definition) is 1. The summed E-state index contributed by atoms with van der Waals surface area (Å²) < 4.78 is 1.88. The number of aromatic hydroxyl groups is 1. The van der Waals surface area contributed by atoms with Crippen LogP contribution in [0, 0.1) is 7.14 Å². The summed E-state index contributed by atoms with van der Waals surface area (Å²) in [5, 5.41) is 10.6. The average Bonchev–Trinajstić information content (AvgIpc) is 2.34. The monoisotopic (exact) mass is 483 g/mol. The van der Waals surface area contributed by atoms with E-state index in [0.717, 1.165) is 12.8 Å². The molecule has 0 aliphatic carbocycles. The van der Waals surface area contributed by atoms with Gasteiger partial charge >= 0.3 is 0 Å². The van der Waals surface area contributed by atoms with Gasteiger partial charge in [0, 0.05) is 20.4 Å². The number of nitrogens with zero attached hydrogens (tertiary/aromatic N) is 1. The summed E-state index contributed by atoms with van der Waals surface area (Å²) in [5.41, 5.74) is 1.51. The summed E-state index contributed by atoms with van der Waals surface area (Å²) >= 11 is 10.1. The van der Waals surface area contributed by atoms with E-state index in [2.05, 4.69) is 50.2 Å². The molecule has 0 spiro atoms. The van der Waals surface area contributed by atoms with Gasteiger partial charge in [0.05, 0.1) is 9.26 Å². The van der Waals surface area contributed by atoms with Crippen LogP contribution in [0.3, 0.4) is 0 Å². The van der Waals surface area contributed by atoms with Crippen LogP contribution in [-0.2, 0) is 0 Å². The Bertz CT molecular complexity index is 597. The summed E-state index contributed by atoms with van der Waals surface area (Å²) in [6.45, 7) is 0. The zero-order chi connectivity index (χ0) is 13.1. The summed E-state index contributed by atoms with van der Waals surface area (Å²) in [6.07, 6.45) is 1.66. The van der Waals surface area contributed by atoms with Crippen LogP contribution in [0.2, 0.25) is 5.02 Å². The molecule has 0 amide bonds. The lowest BCUT2D eigenvalue weighted by atomic mass is 10.2. The minimum Gasteiger partial charge on any atom is -0.506 e. The standard InChI is InChI=1S/C13H8ClI2NO/c14-9-1-3-11(4-2-9)17-7-8-5-10(15)6-12(16)13(8)18/h1-7,18H. The smallest absolute Gasteiger partial charge is 0.137 e. The quantitative estimate of drug-likeness (QED) is 0.473. The molecule has 92 valence electrons. The van der Waals surface area contributed by atoms with Gasteiger partial charge < -0.3 is 5.11 Å². The van der Waals surface area contributed by atoms with Gasteiger partial charge in [0.1, 0.15) is 5.75 Å². The van der Waals surface area contributed by atoms with Crippen LogP contribution in [0.1, 0.15) is 5.56 Å². The minimum absolute atomic E-state index is 0.258. The molecule has 0 radical (unpaired) electrons.